The number of carbonyl (C=O) groups excluding carboxylic acids is 1. The van der Waals surface area contributed by atoms with Gasteiger partial charge >= 0.3 is 5.97 Å². The Balaban J connectivity index is 2.11. The van der Waals surface area contributed by atoms with E-state index in [-0.39, 0.29) is 5.56 Å². The summed E-state index contributed by atoms with van der Waals surface area (Å²) in [4.78, 5) is 16.4. The molecule has 2 rings (SSSR count). The fourth-order valence-electron chi connectivity index (χ4n) is 1.52. The van der Waals surface area contributed by atoms with Gasteiger partial charge in [0.1, 0.15) is 5.82 Å². The molecule has 0 fully saturated rings. The zero-order chi connectivity index (χ0) is 13.7. The van der Waals surface area contributed by atoms with Crippen LogP contribution in [-0.2, 0) is 4.84 Å². The number of hydrogen-bond acceptors (Lipinski definition) is 3. The van der Waals surface area contributed by atoms with Crippen LogP contribution in [0.4, 0.5) is 4.39 Å². The van der Waals surface area contributed by atoms with Gasteiger partial charge < -0.3 is 4.84 Å². The van der Waals surface area contributed by atoms with Crippen LogP contribution in [0.2, 0.25) is 0 Å². The van der Waals surface area contributed by atoms with Crippen molar-refractivity contribution in [1.29, 1.82) is 0 Å². The SMILES string of the molecule is C/C(=N/OC(=O)c1ccccc1F)c1ccccc1. The molecule has 2 aromatic carbocycles. The summed E-state index contributed by atoms with van der Waals surface area (Å²) in [6, 6.07) is 14.9. The summed E-state index contributed by atoms with van der Waals surface area (Å²) in [5, 5.41) is 3.71. The van der Waals surface area contributed by atoms with Gasteiger partial charge in [0, 0.05) is 0 Å². The summed E-state index contributed by atoms with van der Waals surface area (Å²) in [6.45, 7) is 1.71. The van der Waals surface area contributed by atoms with Gasteiger partial charge in [0.05, 0.1) is 11.3 Å². The van der Waals surface area contributed by atoms with Crippen molar-refractivity contribution in [2.45, 2.75) is 6.92 Å². The fourth-order valence-corrected chi connectivity index (χ4v) is 1.52. The molecule has 0 saturated heterocycles. The molecule has 0 atom stereocenters. The Labute approximate surface area is 110 Å². The molecule has 0 aliphatic carbocycles. The Morgan fingerprint density at radius 1 is 1.05 bits per heavy atom. The number of oxime groups is 1. The molecule has 4 heteroatoms. The van der Waals surface area contributed by atoms with Crippen LogP contribution < -0.4 is 0 Å². The lowest BCUT2D eigenvalue weighted by molar-refractivity contribution is 0.0511. The first-order valence-corrected chi connectivity index (χ1v) is 5.74. The van der Waals surface area contributed by atoms with Crippen molar-refractivity contribution in [3.63, 3.8) is 0 Å². The van der Waals surface area contributed by atoms with Crippen molar-refractivity contribution >= 4 is 11.7 Å². The molecule has 0 bridgehead atoms. The van der Waals surface area contributed by atoms with E-state index in [1.807, 2.05) is 30.3 Å². The van der Waals surface area contributed by atoms with Gasteiger partial charge in [0.2, 0.25) is 0 Å². The van der Waals surface area contributed by atoms with E-state index in [2.05, 4.69) is 5.16 Å². The highest BCUT2D eigenvalue weighted by molar-refractivity contribution is 5.99. The number of hydrogen-bond donors (Lipinski definition) is 0. The summed E-state index contributed by atoms with van der Waals surface area (Å²) < 4.78 is 13.3. The Morgan fingerprint density at radius 2 is 1.68 bits per heavy atom. The molecule has 0 heterocycles. The van der Waals surface area contributed by atoms with E-state index in [4.69, 9.17) is 4.84 Å². The van der Waals surface area contributed by atoms with Crippen molar-refractivity contribution in [1.82, 2.24) is 0 Å². The van der Waals surface area contributed by atoms with E-state index < -0.39 is 11.8 Å². The molecule has 0 unspecified atom stereocenters. The number of benzene rings is 2. The molecule has 96 valence electrons. The monoisotopic (exact) mass is 257 g/mol. The zero-order valence-electron chi connectivity index (χ0n) is 10.3. The van der Waals surface area contributed by atoms with Crippen molar-refractivity contribution in [2.75, 3.05) is 0 Å². The van der Waals surface area contributed by atoms with Crippen molar-refractivity contribution < 1.29 is 14.0 Å². The minimum absolute atomic E-state index is 0.132. The summed E-state index contributed by atoms with van der Waals surface area (Å²) >= 11 is 0. The standard InChI is InChI=1S/C15H12FNO2/c1-11(12-7-3-2-4-8-12)17-19-15(18)13-9-5-6-10-14(13)16/h2-10H,1H3/b17-11-. The van der Waals surface area contributed by atoms with Crippen molar-refractivity contribution in [3.05, 3.63) is 71.5 Å². The van der Waals surface area contributed by atoms with Gasteiger partial charge in [0.15, 0.2) is 0 Å². The molecule has 3 nitrogen and oxygen atoms in total. The Morgan fingerprint density at radius 3 is 2.37 bits per heavy atom. The Kier molecular flexibility index (Phi) is 4.03. The average Bonchev–Trinajstić information content (AvgIpc) is 2.46. The Bertz CT molecular complexity index is 609. The minimum Gasteiger partial charge on any atom is -0.312 e. The first kappa shape index (κ1) is 13.0. The predicted octanol–water partition coefficient (Wildman–Crippen LogP) is 3.41. The molecule has 0 aliphatic heterocycles. The highest BCUT2D eigenvalue weighted by Crippen LogP contribution is 2.09. The van der Waals surface area contributed by atoms with E-state index in [1.165, 1.54) is 18.2 Å². The van der Waals surface area contributed by atoms with Crippen LogP contribution in [0.1, 0.15) is 22.8 Å². The predicted molar refractivity (Wildman–Crippen MR) is 70.5 cm³/mol. The van der Waals surface area contributed by atoms with Crippen LogP contribution in [0.15, 0.2) is 59.8 Å². The second kappa shape index (κ2) is 5.91. The van der Waals surface area contributed by atoms with Gasteiger partial charge in [-0.25, -0.2) is 9.18 Å². The first-order chi connectivity index (χ1) is 9.18. The fraction of sp³-hybridized carbons (Fsp3) is 0.0667. The highest BCUT2D eigenvalue weighted by Gasteiger charge is 2.12. The number of rotatable bonds is 3. The number of halogens is 1. The average molecular weight is 257 g/mol. The highest BCUT2D eigenvalue weighted by atomic mass is 19.1. The molecule has 19 heavy (non-hydrogen) atoms. The van der Waals surface area contributed by atoms with E-state index in [0.29, 0.717) is 5.71 Å². The maximum atomic E-state index is 13.3. The van der Waals surface area contributed by atoms with Gasteiger partial charge in [-0.05, 0) is 24.6 Å². The van der Waals surface area contributed by atoms with E-state index >= 15 is 0 Å². The largest absolute Gasteiger partial charge is 0.368 e. The van der Waals surface area contributed by atoms with Gasteiger partial charge in [-0.1, -0.05) is 47.6 Å². The van der Waals surface area contributed by atoms with Crippen LogP contribution in [0.3, 0.4) is 0 Å². The maximum Gasteiger partial charge on any atom is 0.368 e. The van der Waals surface area contributed by atoms with Crippen LogP contribution >= 0.6 is 0 Å². The quantitative estimate of drug-likeness (QED) is 0.480. The normalized spacial score (nSPS) is 11.2. The van der Waals surface area contributed by atoms with Crippen molar-refractivity contribution in [2.24, 2.45) is 5.16 Å². The second-order valence-electron chi connectivity index (χ2n) is 3.90. The minimum atomic E-state index is -0.812. The third-order valence-corrected chi connectivity index (χ3v) is 2.55. The molecule has 0 saturated carbocycles. The first-order valence-electron chi connectivity index (χ1n) is 5.74. The summed E-state index contributed by atoms with van der Waals surface area (Å²) in [5.41, 5.74) is 1.25. The number of nitrogens with zero attached hydrogens (tertiary/aromatic N) is 1. The van der Waals surface area contributed by atoms with E-state index in [0.717, 1.165) is 5.56 Å². The van der Waals surface area contributed by atoms with Crippen LogP contribution in [0.25, 0.3) is 0 Å². The molecule has 0 N–H and O–H groups in total. The zero-order valence-corrected chi connectivity index (χ0v) is 10.3. The van der Waals surface area contributed by atoms with E-state index in [1.54, 1.807) is 13.0 Å². The lowest BCUT2D eigenvalue weighted by Crippen LogP contribution is -2.05. The smallest absolute Gasteiger partial charge is 0.312 e. The second-order valence-corrected chi connectivity index (χ2v) is 3.90. The van der Waals surface area contributed by atoms with Crippen LogP contribution in [0.5, 0.6) is 0 Å². The molecule has 0 aliphatic rings. The molecular weight excluding hydrogens is 245 g/mol. The molecule has 0 radical (unpaired) electrons. The molecule has 0 aromatic heterocycles. The Hall–Kier alpha value is -2.49. The summed E-state index contributed by atoms with van der Waals surface area (Å²) in [7, 11) is 0. The lowest BCUT2D eigenvalue weighted by Gasteiger charge is -2.02. The van der Waals surface area contributed by atoms with Gasteiger partial charge in [-0.3, -0.25) is 0 Å². The molecule has 0 amide bonds. The lowest BCUT2D eigenvalue weighted by atomic mass is 10.1. The molecule has 2 aromatic rings. The maximum absolute atomic E-state index is 13.3. The van der Waals surface area contributed by atoms with Gasteiger partial charge in [-0.15, -0.1) is 0 Å². The summed E-state index contributed by atoms with van der Waals surface area (Å²) in [5.74, 6) is -1.44. The van der Waals surface area contributed by atoms with Crippen molar-refractivity contribution in [3.8, 4) is 0 Å². The molecular formula is C15H12FNO2. The topological polar surface area (TPSA) is 38.7 Å². The molecule has 0 spiro atoms. The third-order valence-electron chi connectivity index (χ3n) is 2.55. The van der Waals surface area contributed by atoms with Gasteiger partial charge in [-0.2, -0.15) is 0 Å². The van der Waals surface area contributed by atoms with Crippen LogP contribution in [-0.4, -0.2) is 11.7 Å². The number of carbonyl (C=O) groups is 1. The third kappa shape index (κ3) is 3.25. The van der Waals surface area contributed by atoms with E-state index in [9.17, 15) is 9.18 Å². The summed E-state index contributed by atoms with van der Waals surface area (Å²) in [6.07, 6.45) is 0. The van der Waals surface area contributed by atoms with Gasteiger partial charge in [0.25, 0.3) is 0 Å². The van der Waals surface area contributed by atoms with Crippen LogP contribution in [0, 0.1) is 5.82 Å².